The number of oxime groups is 1. The predicted octanol–water partition coefficient (Wildman–Crippen LogP) is 3.58. The van der Waals surface area contributed by atoms with E-state index >= 15 is 0 Å². The Morgan fingerprint density at radius 1 is 1.18 bits per heavy atom. The number of hydrogen-bond donors (Lipinski definition) is 1. The molecule has 0 aliphatic carbocycles. The van der Waals surface area contributed by atoms with Crippen LogP contribution in [0.15, 0.2) is 41.6 Å². The number of esters is 1. The highest BCUT2D eigenvalue weighted by atomic mass is 19.1. The van der Waals surface area contributed by atoms with Crippen LogP contribution in [0.25, 0.3) is 0 Å². The van der Waals surface area contributed by atoms with E-state index in [4.69, 9.17) is 14.4 Å². The summed E-state index contributed by atoms with van der Waals surface area (Å²) in [5.41, 5.74) is 5.38. The minimum absolute atomic E-state index is 0.0377. The van der Waals surface area contributed by atoms with E-state index in [0.29, 0.717) is 16.8 Å². The van der Waals surface area contributed by atoms with Crippen LogP contribution in [0, 0.1) is 18.6 Å². The Balaban J connectivity index is 2.25. The van der Waals surface area contributed by atoms with Crippen LogP contribution in [-0.2, 0) is 25.8 Å². The molecule has 2 aromatic rings. The van der Waals surface area contributed by atoms with Crippen molar-refractivity contribution in [1.29, 1.82) is 0 Å². The van der Waals surface area contributed by atoms with Gasteiger partial charge in [0.25, 0.3) is 0 Å². The van der Waals surface area contributed by atoms with Crippen molar-refractivity contribution in [3.8, 4) is 0 Å². The van der Waals surface area contributed by atoms with Crippen LogP contribution in [-0.4, -0.2) is 25.9 Å². The summed E-state index contributed by atoms with van der Waals surface area (Å²) < 4.78 is 31.5. The Kier molecular flexibility index (Phi) is 7.60. The lowest BCUT2D eigenvalue weighted by molar-refractivity contribution is -0.147. The Morgan fingerprint density at radius 2 is 1.86 bits per heavy atom. The van der Waals surface area contributed by atoms with Gasteiger partial charge in [0.1, 0.15) is 18.2 Å². The fraction of sp³-hybridized carbons (Fsp3) is 0.300. The Morgan fingerprint density at radius 3 is 2.46 bits per heavy atom. The number of hydrogen-bond acceptors (Lipinski definition) is 6. The third kappa shape index (κ3) is 5.34. The minimum Gasteiger partial charge on any atom is -0.468 e. The molecule has 0 saturated carbocycles. The van der Waals surface area contributed by atoms with E-state index < -0.39 is 23.6 Å². The van der Waals surface area contributed by atoms with Crippen LogP contribution in [0.1, 0.15) is 35.2 Å². The van der Waals surface area contributed by atoms with Crippen LogP contribution in [0.5, 0.6) is 0 Å². The minimum atomic E-state index is -0.851. The lowest BCUT2D eigenvalue weighted by Gasteiger charge is -2.19. The number of benzene rings is 2. The van der Waals surface area contributed by atoms with Crippen molar-refractivity contribution in [1.82, 2.24) is 5.48 Å². The number of halogens is 2. The van der Waals surface area contributed by atoms with Gasteiger partial charge in [-0.25, -0.2) is 13.6 Å². The van der Waals surface area contributed by atoms with E-state index in [-0.39, 0.29) is 12.2 Å². The molecule has 150 valence electrons. The molecule has 0 radical (unpaired) electrons. The molecule has 0 spiro atoms. The van der Waals surface area contributed by atoms with Gasteiger partial charge in [0.2, 0.25) is 0 Å². The van der Waals surface area contributed by atoms with Crippen molar-refractivity contribution < 1.29 is 28.0 Å². The van der Waals surface area contributed by atoms with E-state index in [1.54, 1.807) is 19.1 Å². The molecular formula is C20H22F2N2O4. The van der Waals surface area contributed by atoms with E-state index in [2.05, 4.69) is 10.6 Å². The van der Waals surface area contributed by atoms with Crippen LogP contribution < -0.4 is 5.48 Å². The van der Waals surface area contributed by atoms with Gasteiger partial charge in [-0.05, 0) is 37.1 Å². The monoisotopic (exact) mass is 392 g/mol. The van der Waals surface area contributed by atoms with Crippen LogP contribution in [0.4, 0.5) is 8.78 Å². The maximum Gasteiger partial charge on any atom is 0.329 e. The molecule has 0 heterocycles. The number of aryl methyl sites for hydroxylation is 1. The normalized spacial score (nSPS) is 12.6. The number of ether oxygens (including phenoxy) is 1. The molecule has 0 aliphatic heterocycles. The highest BCUT2D eigenvalue weighted by Gasteiger charge is 2.25. The summed E-state index contributed by atoms with van der Waals surface area (Å²) in [7, 11) is 2.68. The first kappa shape index (κ1) is 21.5. The second-order valence-electron chi connectivity index (χ2n) is 6.03. The number of nitrogens with one attached hydrogen (secondary N) is 1. The van der Waals surface area contributed by atoms with Gasteiger partial charge >= 0.3 is 5.97 Å². The van der Waals surface area contributed by atoms with Crippen molar-refractivity contribution >= 4 is 11.7 Å². The highest BCUT2D eigenvalue weighted by molar-refractivity contribution is 5.98. The highest BCUT2D eigenvalue weighted by Crippen LogP contribution is 2.24. The Bertz CT molecular complexity index is 851. The van der Waals surface area contributed by atoms with Crippen LogP contribution in [0.3, 0.4) is 0 Å². The van der Waals surface area contributed by atoms with Gasteiger partial charge in [0.15, 0.2) is 6.04 Å². The molecule has 6 nitrogen and oxygen atoms in total. The van der Waals surface area contributed by atoms with Gasteiger partial charge < -0.3 is 14.4 Å². The molecule has 28 heavy (non-hydrogen) atoms. The molecule has 1 atom stereocenters. The average molecular weight is 392 g/mol. The van der Waals surface area contributed by atoms with Gasteiger partial charge in [-0.15, -0.1) is 0 Å². The summed E-state index contributed by atoms with van der Waals surface area (Å²) in [4.78, 5) is 22.4. The van der Waals surface area contributed by atoms with Gasteiger partial charge in [-0.1, -0.05) is 23.4 Å². The molecule has 8 heteroatoms. The van der Waals surface area contributed by atoms with Gasteiger partial charge in [-0.3, -0.25) is 0 Å². The fourth-order valence-electron chi connectivity index (χ4n) is 2.68. The number of carbonyl (C=O) groups is 1. The molecule has 2 rings (SSSR count). The number of nitrogens with zero attached hydrogens (tertiary/aromatic N) is 1. The third-order valence-electron chi connectivity index (χ3n) is 4.12. The van der Waals surface area contributed by atoms with E-state index in [1.807, 2.05) is 13.0 Å². The molecule has 0 aromatic heterocycles. The standard InChI is InChI=1S/C20H22F2N2O4/c1-12-6-5-7-17(19(24-27-4)20(25)26-3)18(12)11-28-23-13(2)14-8-15(21)10-16(22)9-14/h5-10,19,24H,11H2,1-4H3/b23-13+. The van der Waals surface area contributed by atoms with E-state index in [1.165, 1.54) is 26.4 Å². The second-order valence-corrected chi connectivity index (χ2v) is 6.03. The summed E-state index contributed by atoms with van der Waals surface area (Å²) in [6.45, 7) is 3.48. The zero-order valence-electron chi connectivity index (χ0n) is 16.1. The maximum atomic E-state index is 13.4. The van der Waals surface area contributed by atoms with Crippen LogP contribution >= 0.6 is 0 Å². The zero-order valence-corrected chi connectivity index (χ0v) is 16.1. The molecule has 0 amide bonds. The Hall–Kier alpha value is -2.84. The third-order valence-corrected chi connectivity index (χ3v) is 4.12. The van der Waals surface area contributed by atoms with Crippen molar-refractivity contribution in [3.05, 3.63) is 70.3 Å². The summed E-state index contributed by atoms with van der Waals surface area (Å²) in [5, 5.41) is 3.94. The summed E-state index contributed by atoms with van der Waals surface area (Å²) in [6.07, 6.45) is 0. The van der Waals surface area contributed by atoms with Gasteiger partial charge in [0, 0.05) is 17.2 Å². The fourth-order valence-corrected chi connectivity index (χ4v) is 2.68. The van der Waals surface area contributed by atoms with E-state index in [9.17, 15) is 13.6 Å². The van der Waals surface area contributed by atoms with E-state index in [0.717, 1.165) is 11.6 Å². The first-order valence-electron chi connectivity index (χ1n) is 8.45. The smallest absolute Gasteiger partial charge is 0.329 e. The van der Waals surface area contributed by atoms with Crippen LogP contribution in [0.2, 0.25) is 0 Å². The second kappa shape index (κ2) is 9.91. The molecule has 1 N–H and O–H groups in total. The summed E-state index contributed by atoms with van der Waals surface area (Å²) in [5.74, 6) is -1.92. The van der Waals surface area contributed by atoms with Crippen molar-refractivity contribution in [2.45, 2.75) is 26.5 Å². The molecule has 0 aliphatic rings. The molecule has 2 aromatic carbocycles. The molecule has 0 fully saturated rings. The Labute approximate surface area is 162 Å². The van der Waals surface area contributed by atoms with Gasteiger partial charge in [-0.2, -0.15) is 5.48 Å². The lowest BCUT2D eigenvalue weighted by Crippen LogP contribution is -2.30. The van der Waals surface area contributed by atoms with Crippen molar-refractivity contribution in [3.63, 3.8) is 0 Å². The lowest BCUT2D eigenvalue weighted by atomic mass is 9.97. The number of carbonyl (C=O) groups excluding carboxylic acids is 1. The molecule has 0 bridgehead atoms. The quantitative estimate of drug-likeness (QED) is 0.423. The largest absolute Gasteiger partial charge is 0.468 e. The molecule has 0 saturated heterocycles. The number of rotatable bonds is 8. The molecular weight excluding hydrogens is 370 g/mol. The molecule has 1 unspecified atom stereocenters. The summed E-state index contributed by atoms with van der Waals surface area (Å²) >= 11 is 0. The number of hydroxylamine groups is 1. The summed E-state index contributed by atoms with van der Waals surface area (Å²) in [6, 6.07) is 7.68. The van der Waals surface area contributed by atoms with Gasteiger partial charge in [0.05, 0.1) is 19.9 Å². The maximum absolute atomic E-state index is 13.4. The van der Waals surface area contributed by atoms with Crippen molar-refractivity contribution in [2.75, 3.05) is 14.2 Å². The number of methoxy groups -OCH3 is 1. The predicted molar refractivity (Wildman–Crippen MR) is 99.4 cm³/mol. The SMILES string of the molecule is CONC(C(=O)OC)c1cccc(C)c1CO/N=C(\C)c1cc(F)cc(F)c1. The first-order valence-corrected chi connectivity index (χ1v) is 8.45. The average Bonchev–Trinajstić information content (AvgIpc) is 2.66. The van der Waals surface area contributed by atoms with Crippen molar-refractivity contribution in [2.24, 2.45) is 5.16 Å². The zero-order chi connectivity index (χ0) is 20.7. The topological polar surface area (TPSA) is 69.2 Å². The first-order chi connectivity index (χ1) is 13.4.